The van der Waals surface area contributed by atoms with Crippen molar-refractivity contribution in [2.75, 3.05) is 5.32 Å². The number of benzene rings is 2. The van der Waals surface area contributed by atoms with E-state index in [2.05, 4.69) is 20.4 Å². The minimum atomic E-state index is -0.233. The first-order valence-electron chi connectivity index (χ1n) is 8.77. The lowest BCUT2D eigenvalue weighted by molar-refractivity contribution is 0.102. The number of carbonyl (C=O) groups is 1. The first-order valence-corrected chi connectivity index (χ1v) is 9.58. The number of fused-ring (bicyclic) bond motifs is 2. The summed E-state index contributed by atoms with van der Waals surface area (Å²) < 4.78 is 2.71. The fourth-order valence-electron chi connectivity index (χ4n) is 3.13. The number of hydrogen-bond donors (Lipinski definition) is 1. The molecule has 0 atom stereocenters. The van der Waals surface area contributed by atoms with Crippen LogP contribution in [-0.2, 0) is 0 Å². The van der Waals surface area contributed by atoms with E-state index in [9.17, 15) is 4.79 Å². The van der Waals surface area contributed by atoms with Gasteiger partial charge in [-0.2, -0.15) is 5.10 Å². The van der Waals surface area contributed by atoms with Crippen LogP contribution in [0.3, 0.4) is 0 Å². The average molecular weight is 385 g/mol. The molecule has 0 aliphatic heterocycles. The molecule has 5 aromatic rings. The quantitative estimate of drug-likeness (QED) is 0.493. The Morgan fingerprint density at radius 2 is 1.75 bits per heavy atom. The van der Waals surface area contributed by atoms with Crippen LogP contribution in [0.4, 0.5) is 5.13 Å². The van der Waals surface area contributed by atoms with E-state index >= 15 is 0 Å². The van der Waals surface area contributed by atoms with Crippen LogP contribution in [0.2, 0.25) is 0 Å². The molecule has 0 saturated carbocycles. The van der Waals surface area contributed by atoms with Crippen LogP contribution in [-0.4, -0.2) is 25.7 Å². The number of nitrogens with zero attached hydrogens (tertiary/aromatic N) is 4. The highest BCUT2D eigenvalue weighted by Crippen LogP contribution is 2.26. The zero-order chi connectivity index (χ0) is 19.1. The summed E-state index contributed by atoms with van der Waals surface area (Å²) >= 11 is 1.45. The molecule has 0 spiro atoms. The first kappa shape index (κ1) is 16.6. The van der Waals surface area contributed by atoms with Crippen molar-refractivity contribution in [3.8, 4) is 5.82 Å². The number of rotatable bonds is 3. The molecule has 0 bridgehead atoms. The predicted molar refractivity (Wildman–Crippen MR) is 111 cm³/mol. The van der Waals surface area contributed by atoms with E-state index in [-0.39, 0.29) is 5.91 Å². The summed E-state index contributed by atoms with van der Waals surface area (Å²) in [4.78, 5) is 21.9. The van der Waals surface area contributed by atoms with E-state index in [1.54, 1.807) is 10.9 Å². The molecule has 3 aromatic heterocycles. The van der Waals surface area contributed by atoms with Gasteiger partial charge in [-0.25, -0.2) is 14.6 Å². The van der Waals surface area contributed by atoms with Crippen LogP contribution in [0.15, 0.2) is 66.9 Å². The molecule has 136 valence electrons. The van der Waals surface area contributed by atoms with Gasteiger partial charge in [0, 0.05) is 5.39 Å². The molecular weight excluding hydrogens is 370 g/mol. The molecular formula is C21H15N5OS. The average Bonchev–Trinajstić information content (AvgIpc) is 3.30. The molecule has 0 saturated heterocycles. The van der Waals surface area contributed by atoms with Crippen LogP contribution in [0.25, 0.3) is 26.9 Å². The molecule has 6 nitrogen and oxygen atoms in total. The highest BCUT2D eigenvalue weighted by Gasteiger charge is 2.17. The van der Waals surface area contributed by atoms with Gasteiger partial charge < -0.3 is 0 Å². The van der Waals surface area contributed by atoms with Gasteiger partial charge in [0.2, 0.25) is 0 Å². The maximum Gasteiger partial charge on any atom is 0.260 e. The van der Waals surface area contributed by atoms with Gasteiger partial charge in [0.1, 0.15) is 0 Å². The Labute approximate surface area is 164 Å². The normalized spacial score (nSPS) is 11.2. The zero-order valence-corrected chi connectivity index (χ0v) is 15.8. The van der Waals surface area contributed by atoms with Crippen LogP contribution >= 0.6 is 11.3 Å². The van der Waals surface area contributed by atoms with Gasteiger partial charge in [0.05, 0.1) is 33.2 Å². The molecule has 0 aliphatic rings. The van der Waals surface area contributed by atoms with Crippen molar-refractivity contribution in [2.45, 2.75) is 6.92 Å². The van der Waals surface area contributed by atoms with Crippen LogP contribution in [0, 0.1) is 6.92 Å². The van der Waals surface area contributed by atoms with E-state index in [0.29, 0.717) is 16.5 Å². The Morgan fingerprint density at radius 3 is 2.61 bits per heavy atom. The zero-order valence-electron chi connectivity index (χ0n) is 15.0. The third kappa shape index (κ3) is 2.82. The van der Waals surface area contributed by atoms with Crippen molar-refractivity contribution in [1.82, 2.24) is 19.7 Å². The van der Waals surface area contributed by atoms with E-state index in [4.69, 9.17) is 0 Å². The largest absolute Gasteiger partial charge is 0.298 e. The number of thiazole rings is 1. The Morgan fingerprint density at radius 1 is 0.964 bits per heavy atom. The lowest BCUT2D eigenvalue weighted by Crippen LogP contribution is -2.13. The first-order chi connectivity index (χ1) is 13.7. The van der Waals surface area contributed by atoms with Crippen molar-refractivity contribution in [1.29, 1.82) is 0 Å². The number of pyridine rings is 1. The fourth-order valence-corrected chi connectivity index (χ4v) is 3.99. The molecule has 1 N–H and O–H groups in total. The Bertz CT molecular complexity index is 1300. The molecule has 28 heavy (non-hydrogen) atoms. The highest BCUT2D eigenvalue weighted by molar-refractivity contribution is 7.22. The van der Waals surface area contributed by atoms with E-state index in [0.717, 1.165) is 26.8 Å². The summed E-state index contributed by atoms with van der Waals surface area (Å²) in [6.07, 6.45) is 1.56. The van der Waals surface area contributed by atoms with Crippen molar-refractivity contribution < 1.29 is 4.79 Å². The van der Waals surface area contributed by atoms with Crippen LogP contribution < -0.4 is 5.32 Å². The van der Waals surface area contributed by atoms with Crippen LogP contribution in [0.1, 0.15) is 16.1 Å². The third-order valence-corrected chi connectivity index (χ3v) is 5.52. The Balaban J connectivity index is 1.46. The van der Waals surface area contributed by atoms with Crippen LogP contribution in [0.5, 0.6) is 0 Å². The molecule has 2 aromatic carbocycles. The lowest BCUT2D eigenvalue weighted by atomic mass is 10.2. The SMILES string of the molecule is Cc1c(C(=O)Nc2nc3ccccc3s2)cnn1-c1ccc2ccccc2n1. The van der Waals surface area contributed by atoms with E-state index in [1.807, 2.05) is 67.6 Å². The number of nitrogens with one attached hydrogen (secondary N) is 1. The molecule has 3 heterocycles. The van der Waals surface area contributed by atoms with Gasteiger partial charge in [0.15, 0.2) is 10.9 Å². The lowest BCUT2D eigenvalue weighted by Gasteiger charge is -2.06. The van der Waals surface area contributed by atoms with Gasteiger partial charge in [-0.05, 0) is 37.3 Å². The van der Waals surface area contributed by atoms with Crippen molar-refractivity contribution in [3.05, 3.63) is 78.1 Å². The summed E-state index contributed by atoms with van der Waals surface area (Å²) in [6.45, 7) is 1.86. The maximum absolute atomic E-state index is 12.8. The molecule has 1 amide bonds. The summed E-state index contributed by atoms with van der Waals surface area (Å²) in [7, 11) is 0. The summed E-state index contributed by atoms with van der Waals surface area (Å²) in [6, 6.07) is 19.6. The number of aromatic nitrogens is 4. The molecule has 7 heteroatoms. The molecule has 0 unspecified atom stereocenters. The van der Waals surface area contributed by atoms with E-state index in [1.165, 1.54) is 11.3 Å². The highest BCUT2D eigenvalue weighted by atomic mass is 32.1. The van der Waals surface area contributed by atoms with Crippen molar-refractivity contribution >= 4 is 43.5 Å². The Kier molecular flexibility index (Phi) is 3.87. The van der Waals surface area contributed by atoms with Crippen molar-refractivity contribution in [3.63, 3.8) is 0 Å². The van der Waals surface area contributed by atoms with Gasteiger partial charge in [0.25, 0.3) is 5.91 Å². The summed E-state index contributed by atoms with van der Waals surface area (Å²) in [5, 5.41) is 8.88. The topological polar surface area (TPSA) is 72.7 Å². The van der Waals surface area contributed by atoms with Gasteiger partial charge in [-0.15, -0.1) is 0 Å². The number of carbonyl (C=O) groups excluding carboxylic acids is 1. The van der Waals surface area contributed by atoms with Crippen molar-refractivity contribution in [2.24, 2.45) is 0 Å². The smallest absolute Gasteiger partial charge is 0.260 e. The third-order valence-electron chi connectivity index (χ3n) is 4.57. The minimum absolute atomic E-state index is 0.233. The second-order valence-electron chi connectivity index (χ2n) is 6.36. The second kappa shape index (κ2) is 6.54. The molecule has 0 radical (unpaired) electrons. The molecule has 5 rings (SSSR count). The monoisotopic (exact) mass is 385 g/mol. The van der Waals surface area contributed by atoms with Gasteiger partial charge in [-0.3, -0.25) is 10.1 Å². The number of para-hydroxylation sites is 2. The predicted octanol–water partition coefficient (Wildman–Crippen LogP) is 4.59. The summed E-state index contributed by atoms with van der Waals surface area (Å²) in [5.41, 5.74) is 2.97. The van der Waals surface area contributed by atoms with E-state index < -0.39 is 0 Å². The molecule has 0 fully saturated rings. The molecule has 0 aliphatic carbocycles. The summed E-state index contributed by atoms with van der Waals surface area (Å²) in [5.74, 6) is 0.443. The number of anilines is 1. The second-order valence-corrected chi connectivity index (χ2v) is 7.39. The Hall–Kier alpha value is -3.58. The number of hydrogen-bond acceptors (Lipinski definition) is 5. The minimum Gasteiger partial charge on any atom is -0.298 e. The maximum atomic E-state index is 12.8. The number of amides is 1. The van der Waals surface area contributed by atoms with Gasteiger partial charge >= 0.3 is 0 Å². The van der Waals surface area contributed by atoms with Gasteiger partial charge in [-0.1, -0.05) is 41.7 Å². The standard InChI is InChI=1S/C21H15N5OS/c1-13-15(20(27)25-21-24-17-8-4-5-9-18(17)28-21)12-22-26(13)19-11-10-14-6-2-3-7-16(14)23-19/h2-12H,1H3,(H,24,25,27). The fraction of sp³-hybridized carbons (Fsp3) is 0.0476.